The Morgan fingerprint density at radius 2 is 2.33 bits per heavy atom. The molecule has 1 aromatic rings. The van der Waals surface area contributed by atoms with E-state index in [9.17, 15) is 0 Å². The SMILES string of the molecule is CC(=CCCBr)c1cscc1Br. The maximum absolute atomic E-state index is 3.52. The van der Waals surface area contributed by atoms with Crippen LogP contribution in [0.4, 0.5) is 0 Å². The topological polar surface area (TPSA) is 0 Å². The van der Waals surface area contributed by atoms with Gasteiger partial charge in [0.25, 0.3) is 0 Å². The first-order chi connectivity index (χ1) is 5.75. The molecule has 0 amide bonds. The van der Waals surface area contributed by atoms with E-state index >= 15 is 0 Å². The van der Waals surface area contributed by atoms with Gasteiger partial charge >= 0.3 is 0 Å². The molecule has 1 heterocycles. The van der Waals surface area contributed by atoms with Crippen molar-refractivity contribution >= 4 is 48.8 Å². The Hall–Kier alpha value is 0.400. The molecule has 0 radical (unpaired) electrons. The smallest absolute Gasteiger partial charge is 0.0357 e. The fourth-order valence-electron chi connectivity index (χ4n) is 0.944. The van der Waals surface area contributed by atoms with Crippen LogP contribution in [0, 0.1) is 0 Å². The molecule has 0 nitrogen and oxygen atoms in total. The second kappa shape index (κ2) is 5.20. The van der Waals surface area contributed by atoms with Gasteiger partial charge in [-0.25, -0.2) is 0 Å². The van der Waals surface area contributed by atoms with Crippen molar-refractivity contribution in [1.29, 1.82) is 0 Å². The normalized spacial score (nSPS) is 12.1. The number of alkyl halides is 1. The molecule has 0 N–H and O–H groups in total. The predicted octanol–water partition coefficient (Wildman–Crippen LogP) is 4.70. The number of thiophene rings is 1. The largest absolute Gasteiger partial charge is 0.151 e. The van der Waals surface area contributed by atoms with E-state index in [1.165, 1.54) is 15.6 Å². The summed E-state index contributed by atoms with van der Waals surface area (Å²) < 4.78 is 1.20. The average Bonchev–Trinajstić information content (AvgIpc) is 2.47. The zero-order valence-electron chi connectivity index (χ0n) is 6.81. The predicted molar refractivity (Wildman–Crippen MR) is 64.1 cm³/mol. The van der Waals surface area contributed by atoms with Crippen LogP contribution in [0.1, 0.15) is 18.9 Å². The van der Waals surface area contributed by atoms with E-state index in [1.807, 2.05) is 0 Å². The van der Waals surface area contributed by atoms with Gasteiger partial charge < -0.3 is 0 Å². The van der Waals surface area contributed by atoms with E-state index in [4.69, 9.17) is 0 Å². The Bertz CT molecular complexity index is 276. The van der Waals surface area contributed by atoms with E-state index in [0.717, 1.165) is 11.8 Å². The highest BCUT2D eigenvalue weighted by molar-refractivity contribution is 9.10. The number of halogens is 2. The molecule has 0 spiro atoms. The minimum atomic E-state index is 1.03. The van der Waals surface area contributed by atoms with Gasteiger partial charge in [-0.05, 0) is 40.2 Å². The molecular weight excluding hydrogens is 300 g/mol. The second-order valence-electron chi connectivity index (χ2n) is 2.50. The van der Waals surface area contributed by atoms with E-state index in [-0.39, 0.29) is 0 Å². The van der Waals surface area contributed by atoms with Crippen LogP contribution in [-0.4, -0.2) is 5.33 Å². The lowest BCUT2D eigenvalue weighted by Gasteiger charge is -1.97. The highest BCUT2D eigenvalue weighted by Gasteiger charge is 2.01. The van der Waals surface area contributed by atoms with Crippen molar-refractivity contribution in [2.24, 2.45) is 0 Å². The molecular formula is C9H10Br2S. The van der Waals surface area contributed by atoms with Crippen molar-refractivity contribution in [2.45, 2.75) is 13.3 Å². The van der Waals surface area contributed by atoms with Crippen molar-refractivity contribution < 1.29 is 0 Å². The van der Waals surface area contributed by atoms with Crippen LogP contribution in [0.2, 0.25) is 0 Å². The lowest BCUT2D eigenvalue weighted by molar-refractivity contribution is 1.26. The lowest BCUT2D eigenvalue weighted by Crippen LogP contribution is -1.76. The zero-order chi connectivity index (χ0) is 8.97. The van der Waals surface area contributed by atoms with E-state index in [1.54, 1.807) is 11.3 Å². The summed E-state index contributed by atoms with van der Waals surface area (Å²) in [5, 5.41) is 5.32. The molecule has 3 heteroatoms. The molecule has 0 fully saturated rings. The summed E-state index contributed by atoms with van der Waals surface area (Å²) >= 11 is 8.65. The Kier molecular flexibility index (Phi) is 4.54. The van der Waals surface area contributed by atoms with Gasteiger partial charge in [-0.1, -0.05) is 22.0 Å². The Morgan fingerprint density at radius 1 is 1.58 bits per heavy atom. The molecule has 0 aliphatic carbocycles. The molecule has 12 heavy (non-hydrogen) atoms. The number of hydrogen-bond acceptors (Lipinski definition) is 1. The Labute approximate surface area is 93.9 Å². The molecule has 0 aliphatic rings. The van der Waals surface area contributed by atoms with Gasteiger partial charge in [0.15, 0.2) is 0 Å². The minimum Gasteiger partial charge on any atom is -0.151 e. The molecule has 0 aromatic carbocycles. The summed E-state index contributed by atoms with van der Waals surface area (Å²) in [6.45, 7) is 2.15. The van der Waals surface area contributed by atoms with Crippen molar-refractivity contribution in [3.05, 3.63) is 26.9 Å². The molecule has 66 valence electrons. The molecule has 0 saturated heterocycles. The first kappa shape index (κ1) is 10.5. The first-order valence-corrected chi connectivity index (χ1v) is 6.56. The summed E-state index contributed by atoms with van der Waals surface area (Å²) in [6.07, 6.45) is 3.34. The van der Waals surface area contributed by atoms with Crippen LogP contribution >= 0.6 is 43.2 Å². The average molecular weight is 310 g/mol. The Morgan fingerprint density at radius 3 is 2.83 bits per heavy atom. The van der Waals surface area contributed by atoms with E-state index < -0.39 is 0 Å². The van der Waals surface area contributed by atoms with Crippen LogP contribution in [0.15, 0.2) is 21.3 Å². The lowest BCUT2D eigenvalue weighted by atomic mass is 10.1. The number of allylic oxidation sites excluding steroid dienone is 2. The summed E-state index contributed by atoms with van der Waals surface area (Å²) in [5.74, 6) is 0. The van der Waals surface area contributed by atoms with Crippen LogP contribution in [-0.2, 0) is 0 Å². The van der Waals surface area contributed by atoms with Gasteiger partial charge in [-0.3, -0.25) is 0 Å². The molecule has 0 bridgehead atoms. The third-order valence-electron chi connectivity index (χ3n) is 1.60. The molecule has 0 saturated carbocycles. The van der Waals surface area contributed by atoms with Crippen LogP contribution in [0.3, 0.4) is 0 Å². The summed E-state index contributed by atoms with van der Waals surface area (Å²) in [4.78, 5) is 0. The second-order valence-corrected chi connectivity index (χ2v) is 4.89. The number of hydrogen-bond donors (Lipinski definition) is 0. The maximum atomic E-state index is 3.52. The molecule has 0 unspecified atom stereocenters. The quantitative estimate of drug-likeness (QED) is 0.710. The molecule has 0 aliphatic heterocycles. The van der Waals surface area contributed by atoms with E-state index in [2.05, 4.69) is 55.6 Å². The van der Waals surface area contributed by atoms with Gasteiger partial charge in [0.2, 0.25) is 0 Å². The highest BCUT2D eigenvalue weighted by atomic mass is 79.9. The fraction of sp³-hybridized carbons (Fsp3) is 0.333. The molecule has 1 aromatic heterocycles. The summed E-state index contributed by atoms with van der Waals surface area (Å²) in [5.41, 5.74) is 2.67. The van der Waals surface area contributed by atoms with Crippen molar-refractivity contribution in [1.82, 2.24) is 0 Å². The summed E-state index contributed by atoms with van der Waals surface area (Å²) in [7, 11) is 0. The third kappa shape index (κ3) is 2.71. The van der Waals surface area contributed by atoms with Crippen molar-refractivity contribution in [2.75, 3.05) is 5.33 Å². The molecule has 1 rings (SSSR count). The highest BCUT2D eigenvalue weighted by Crippen LogP contribution is 2.27. The summed E-state index contributed by atoms with van der Waals surface area (Å²) in [6, 6.07) is 0. The van der Waals surface area contributed by atoms with Gasteiger partial charge in [0.1, 0.15) is 0 Å². The first-order valence-electron chi connectivity index (χ1n) is 3.70. The van der Waals surface area contributed by atoms with Gasteiger partial charge in [-0.2, -0.15) is 11.3 Å². The third-order valence-corrected chi connectivity index (χ3v) is 3.76. The van der Waals surface area contributed by atoms with Crippen LogP contribution < -0.4 is 0 Å². The maximum Gasteiger partial charge on any atom is 0.0357 e. The van der Waals surface area contributed by atoms with Crippen LogP contribution in [0.25, 0.3) is 5.57 Å². The van der Waals surface area contributed by atoms with Gasteiger partial charge in [-0.15, -0.1) is 0 Å². The van der Waals surface area contributed by atoms with Gasteiger partial charge in [0.05, 0.1) is 0 Å². The number of rotatable bonds is 3. The van der Waals surface area contributed by atoms with Gasteiger partial charge in [0, 0.05) is 20.7 Å². The molecule has 0 atom stereocenters. The Balaban J connectivity index is 2.77. The van der Waals surface area contributed by atoms with Crippen molar-refractivity contribution in [3.8, 4) is 0 Å². The van der Waals surface area contributed by atoms with Crippen LogP contribution in [0.5, 0.6) is 0 Å². The van der Waals surface area contributed by atoms with E-state index in [0.29, 0.717) is 0 Å². The zero-order valence-corrected chi connectivity index (χ0v) is 10.8. The standard InChI is InChI=1S/C9H10Br2S/c1-7(3-2-4-10)8-5-12-6-9(8)11/h3,5-6H,2,4H2,1H3. The van der Waals surface area contributed by atoms with Crippen molar-refractivity contribution in [3.63, 3.8) is 0 Å². The minimum absolute atomic E-state index is 1.03. The monoisotopic (exact) mass is 308 g/mol. The fourth-order valence-corrected chi connectivity index (χ4v) is 2.84.